The molecule has 0 saturated heterocycles. The predicted octanol–water partition coefficient (Wildman–Crippen LogP) is -0.224. The molecule has 0 rings (SSSR count). The molecule has 3 nitrogen and oxygen atoms in total. The van der Waals surface area contributed by atoms with Crippen LogP contribution in [0.5, 0.6) is 0 Å². The lowest BCUT2D eigenvalue weighted by Gasteiger charge is -2.18. The number of alkyl halides is 2. The summed E-state index contributed by atoms with van der Waals surface area (Å²) in [5.41, 5.74) is 0. The molecule has 0 aliphatic carbocycles. The van der Waals surface area contributed by atoms with Gasteiger partial charge in [-0.2, -0.15) is 0 Å². The van der Waals surface area contributed by atoms with E-state index in [0.29, 0.717) is 0 Å². The Morgan fingerprint density at radius 2 is 2.00 bits per heavy atom. The molecule has 0 aromatic heterocycles. The smallest absolute Gasteiger partial charge is 0.178 e. The Labute approximate surface area is 63.6 Å². The minimum atomic E-state index is -1.62. The van der Waals surface area contributed by atoms with Crippen molar-refractivity contribution in [3.05, 3.63) is 0 Å². The molecule has 0 radical (unpaired) electrons. The average molecular weight is 250 g/mol. The predicted molar refractivity (Wildman–Crippen MR) is 35.9 cm³/mol. The molecule has 0 bridgehead atoms. The minimum Gasteiger partial charge on any atom is -0.392 e. The summed E-state index contributed by atoms with van der Waals surface area (Å²) in [5.74, 6) is 0. The lowest BCUT2D eigenvalue weighted by molar-refractivity contribution is 0.00960. The molecule has 50 valence electrons. The summed E-state index contributed by atoms with van der Waals surface area (Å²) in [4.78, 5) is 0. The second-order valence-corrected chi connectivity index (χ2v) is 3.55. The highest BCUT2D eigenvalue weighted by Gasteiger charge is 2.29. The Morgan fingerprint density at radius 3 is 2.00 bits per heavy atom. The first kappa shape index (κ1) is 8.84. The van der Waals surface area contributed by atoms with Gasteiger partial charge in [0.05, 0.1) is 6.61 Å². The van der Waals surface area contributed by atoms with Crippen molar-refractivity contribution in [2.45, 2.75) is 9.52 Å². The quantitative estimate of drug-likeness (QED) is 0.593. The molecule has 0 spiro atoms. The lowest BCUT2D eigenvalue weighted by Crippen LogP contribution is -2.35. The van der Waals surface area contributed by atoms with Gasteiger partial charge in [-0.15, -0.1) is 0 Å². The van der Waals surface area contributed by atoms with Crippen molar-refractivity contribution in [2.75, 3.05) is 6.61 Å². The van der Waals surface area contributed by atoms with Gasteiger partial charge in [0.25, 0.3) is 0 Å². The highest BCUT2D eigenvalue weighted by atomic mass is 79.9. The highest BCUT2D eigenvalue weighted by molar-refractivity contribution is 9.12. The second-order valence-electron chi connectivity index (χ2n) is 1.31. The Hall–Kier alpha value is 0.840. The van der Waals surface area contributed by atoms with E-state index >= 15 is 0 Å². The highest BCUT2D eigenvalue weighted by Crippen LogP contribution is 2.21. The molecule has 2 atom stereocenters. The third kappa shape index (κ3) is 2.41. The number of halogens is 2. The van der Waals surface area contributed by atoms with Gasteiger partial charge in [0.2, 0.25) is 0 Å². The number of hydrogen-bond donors (Lipinski definition) is 3. The Kier molecular flexibility index (Phi) is 3.45. The van der Waals surface area contributed by atoms with Crippen molar-refractivity contribution < 1.29 is 15.3 Å². The fraction of sp³-hybridized carbons (Fsp3) is 1.00. The van der Waals surface area contributed by atoms with Crippen LogP contribution >= 0.6 is 31.9 Å². The lowest BCUT2D eigenvalue weighted by atomic mass is 10.4. The standard InChI is InChI=1S/C3H6Br2O3/c4-2(7)3(5,8)1-6/h2,6-8H,1H2/t2-,3-/m1/s1. The minimum absolute atomic E-state index is 0.542. The average Bonchev–Trinajstić information content (AvgIpc) is 1.67. The van der Waals surface area contributed by atoms with E-state index in [4.69, 9.17) is 15.3 Å². The van der Waals surface area contributed by atoms with Crippen LogP contribution < -0.4 is 0 Å². The molecule has 3 N–H and O–H groups in total. The maximum atomic E-state index is 8.77. The van der Waals surface area contributed by atoms with Crippen molar-refractivity contribution in [2.24, 2.45) is 0 Å². The molecule has 8 heavy (non-hydrogen) atoms. The van der Waals surface area contributed by atoms with Crippen LogP contribution in [0, 0.1) is 0 Å². The molecular weight excluding hydrogens is 244 g/mol. The van der Waals surface area contributed by atoms with Crippen molar-refractivity contribution in [1.29, 1.82) is 0 Å². The Balaban J connectivity index is 3.71. The van der Waals surface area contributed by atoms with E-state index in [1.54, 1.807) is 0 Å². The molecule has 0 aromatic rings. The summed E-state index contributed by atoms with van der Waals surface area (Å²) in [6.07, 6.45) is 0. The zero-order chi connectivity index (χ0) is 6.78. The number of aliphatic hydroxyl groups excluding tert-OH is 2. The van der Waals surface area contributed by atoms with E-state index in [1.165, 1.54) is 0 Å². The van der Waals surface area contributed by atoms with Gasteiger partial charge in [0.1, 0.15) is 5.01 Å². The van der Waals surface area contributed by atoms with Crippen LogP contribution in [0.4, 0.5) is 0 Å². The number of hydrogen-bond acceptors (Lipinski definition) is 3. The van der Waals surface area contributed by atoms with Crippen LogP contribution in [-0.4, -0.2) is 31.5 Å². The fourth-order valence-corrected chi connectivity index (χ4v) is 0.220. The molecular formula is C3H6Br2O3. The van der Waals surface area contributed by atoms with Crippen molar-refractivity contribution in [1.82, 2.24) is 0 Å². The molecule has 0 aliphatic rings. The Bertz CT molecular complexity index is 72.9. The molecule has 0 unspecified atom stereocenters. The summed E-state index contributed by atoms with van der Waals surface area (Å²) in [6, 6.07) is 0. The zero-order valence-electron chi connectivity index (χ0n) is 3.88. The molecule has 0 heterocycles. The molecule has 5 heteroatoms. The monoisotopic (exact) mass is 248 g/mol. The summed E-state index contributed by atoms with van der Waals surface area (Å²) >= 11 is 5.31. The summed E-state index contributed by atoms with van der Waals surface area (Å²) in [7, 11) is 0. The molecule has 0 amide bonds. The first-order valence-corrected chi connectivity index (χ1v) is 3.56. The van der Waals surface area contributed by atoms with Crippen LogP contribution in [0.25, 0.3) is 0 Å². The molecule has 0 fully saturated rings. The van der Waals surface area contributed by atoms with E-state index in [1.807, 2.05) is 0 Å². The van der Waals surface area contributed by atoms with E-state index in [2.05, 4.69) is 31.9 Å². The van der Waals surface area contributed by atoms with Gasteiger partial charge in [0.15, 0.2) is 4.51 Å². The van der Waals surface area contributed by atoms with Crippen LogP contribution in [0.3, 0.4) is 0 Å². The summed E-state index contributed by atoms with van der Waals surface area (Å²) in [5, 5.41) is 24.4. The second kappa shape index (κ2) is 3.12. The van der Waals surface area contributed by atoms with E-state index < -0.39 is 16.1 Å². The van der Waals surface area contributed by atoms with Gasteiger partial charge in [-0.1, -0.05) is 15.9 Å². The van der Waals surface area contributed by atoms with Gasteiger partial charge in [-0.3, -0.25) is 0 Å². The van der Waals surface area contributed by atoms with Crippen LogP contribution in [-0.2, 0) is 0 Å². The van der Waals surface area contributed by atoms with Gasteiger partial charge in [0, 0.05) is 0 Å². The first-order valence-electron chi connectivity index (χ1n) is 1.85. The van der Waals surface area contributed by atoms with Gasteiger partial charge in [-0.05, 0) is 15.9 Å². The van der Waals surface area contributed by atoms with E-state index in [-0.39, 0.29) is 0 Å². The zero-order valence-corrected chi connectivity index (χ0v) is 7.05. The third-order valence-corrected chi connectivity index (χ3v) is 2.64. The molecule has 0 aliphatic heterocycles. The van der Waals surface area contributed by atoms with E-state index in [9.17, 15) is 0 Å². The maximum Gasteiger partial charge on any atom is 0.178 e. The van der Waals surface area contributed by atoms with Gasteiger partial charge in [-0.25, -0.2) is 0 Å². The number of aliphatic hydroxyl groups is 3. The maximum absolute atomic E-state index is 8.77. The number of rotatable bonds is 2. The molecule has 0 aromatic carbocycles. The normalized spacial score (nSPS) is 22.1. The largest absolute Gasteiger partial charge is 0.392 e. The van der Waals surface area contributed by atoms with Crippen molar-refractivity contribution in [3.8, 4) is 0 Å². The van der Waals surface area contributed by atoms with Crippen LogP contribution in [0.2, 0.25) is 0 Å². The van der Waals surface area contributed by atoms with Crippen LogP contribution in [0.15, 0.2) is 0 Å². The topological polar surface area (TPSA) is 60.7 Å². The van der Waals surface area contributed by atoms with Gasteiger partial charge < -0.3 is 15.3 Å². The summed E-state index contributed by atoms with van der Waals surface area (Å²) in [6.45, 7) is -0.542. The molecule has 0 saturated carbocycles. The fourth-order valence-electron chi connectivity index (χ4n) is 0.0753. The summed E-state index contributed by atoms with van der Waals surface area (Å²) < 4.78 is -1.62. The van der Waals surface area contributed by atoms with Crippen molar-refractivity contribution >= 4 is 31.9 Å². The van der Waals surface area contributed by atoms with E-state index in [0.717, 1.165) is 0 Å². The Morgan fingerprint density at radius 1 is 1.62 bits per heavy atom. The SMILES string of the molecule is OC[C@](O)(Br)[C@@H](O)Br. The van der Waals surface area contributed by atoms with Crippen LogP contribution in [0.1, 0.15) is 0 Å². The third-order valence-electron chi connectivity index (χ3n) is 0.587. The van der Waals surface area contributed by atoms with Gasteiger partial charge >= 0.3 is 0 Å². The first-order chi connectivity index (χ1) is 3.50. The van der Waals surface area contributed by atoms with Crippen molar-refractivity contribution in [3.63, 3.8) is 0 Å².